The molecule has 0 spiro atoms. The molecule has 1 aliphatic heterocycles. The number of aromatic nitrogens is 1. The maximum absolute atomic E-state index is 12.4. The Labute approximate surface area is 153 Å². The Kier molecular flexibility index (Phi) is 5.04. The second kappa shape index (κ2) is 7.58. The van der Waals surface area contributed by atoms with E-state index in [1.807, 2.05) is 17.0 Å². The highest BCUT2D eigenvalue weighted by atomic mass is 32.2. The van der Waals surface area contributed by atoms with Gasteiger partial charge in [-0.05, 0) is 36.1 Å². The van der Waals surface area contributed by atoms with Crippen molar-refractivity contribution < 1.29 is 4.79 Å². The summed E-state index contributed by atoms with van der Waals surface area (Å²) in [5, 5.41) is 0. The Hall–Kier alpha value is -1.85. The summed E-state index contributed by atoms with van der Waals surface area (Å²) in [6.45, 7) is 3.68. The van der Waals surface area contributed by atoms with Gasteiger partial charge in [-0.2, -0.15) is 0 Å². The van der Waals surface area contributed by atoms with Crippen LogP contribution in [0.25, 0.3) is 0 Å². The van der Waals surface area contributed by atoms with Crippen molar-refractivity contribution in [3.05, 3.63) is 59.9 Å². The van der Waals surface area contributed by atoms with Crippen LogP contribution in [0.15, 0.2) is 53.7 Å². The number of fused-ring (bicyclic) bond motifs is 1. The topological polar surface area (TPSA) is 36.4 Å². The number of thioether (sulfide) groups is 1. The molecule has 2 heterocycles. The van der Waals surface area contributed by atoms with Gasteiger partial charge in [0.1, 0.15) is 0 Å². The Morgan fingerprint density at radius 2 is 1.64 bits per heavy atom. The van der Waals surface area contributed by atoms with Crippen LogP contribution in [0.4, 0.5) is 0 Å². The van der Waals surface area contributed by atoms with Crippen LogP contribution in [0.1, 0.15) is 11.1 Å². The molecule has 5 heteroatoms. The van der Waals surface area contributed by atoms with Crippen molar-refractivity contribution in [2.24, 2.45) is 0 Å². The molecule has 0 N–H and O–H groups in total. The number of amides is 1. The number of piperazine rings is 1. The van der Waals surface area contributed by atoms with Gasteiger partial charge in [0.25, 0.3) is 0 Å². The van der Waals surface area contributed by atoms with Crippen LogP contribution in [0.5, 0.6) is 0 Å². The molecule has 0 bridgehead atoms. The van der Waals surface area contributed by atoms with Gasteiger partial charge in [-0.15, -0.1) is 11.8 Å². The van der Waals surface area contributed by atoms with E-state index < -0.39 is 0 Å². The fourth-order valence-corrected chi connectivity index (χ4v) is 4.59. The molecule has 0 unspecified atom stereocenters. The summed E-state index contributed by atoms with van der Waals surface area (Å²) in [6.07, 6.45) is 5.85. The second-order valence-electron chi connectivity index (χ2n) is 6.72. The summed E-state index contributed by atoms with van der Waals surface area (Å²) in [6, 6.07) is 13.3. The molecule has 1 aromatic heterocycles. The van der Waals surface area contributed by atoms with Crippen LogP contribution in [0.2, 0.25) is 0 Å². The van der Waals surface area contributed by atoms with Crippen molar-refractivity contribution in [2.45, 2.75) is 23.8 Å². The molecule has 25 heavy (non-hydrogen) atoms. The van der Waals surface area contributed by atoms with Crippen molar-refractivity contribution in [2.75, 3.05) is 31.9 Å². The van der Waals surface area contributed by atoms with Crippen LogP contribution in [-0.2, 0) is 17.6 Å². The molecule has 0 saturated carbocycles. The number of carbonyl (C=O) groups is 1. The van der Waals surface area contributed by atoms with Crippen LogP contribution >= 0.6 is 11.8 Å². The monoisotopic (exact) mass is 353 g/mol. The highest BCUT2D eigenvalue weighted by molar-refractivity contribution is 8.00. The lowest BCUT2D eigenvalue weighted by Gasteiger charge is -2.38. The molecule has 1 saturated heterocycles. The Balaban J connectivity index is 1.25. The quantitative estimate of drug-likeness (QED) is 0.792. The minimum absolute atomic E-state index is 0.246. The normalized spacial score (nSPS) is 18.3. The van der Waals surface area contributed by atoms with Gasteiger partial charge in [-0.1, -0.05) is 24.3 Å². The van der Waals surface area contributed by atoms with E-state index in [1.54, 1.807) is 24.2 Å². The number of hydrogen-bond donors (Lipinski definition) is 0. The van der Waals surface area contributed by atoms with E-state index in [4.69, 9.17) is 0 Å². The lowest BCUT2D eigenvalue weighted by Crippen LogP contribution is -2.52. The zero-order valence-corrected chi connectivity index (χ0v) is 15.1. The van der Waals surface area contributed by atoms with Gasteiger partial charge in [0.2, 0.25) is 5.91 Å². The van der Waals surface area contributed by atoms with Crippen molar-refractivity contribution >= 4 is 17.7 Å². The minimum Gasteiger partial charge on any atom is -0.339 e. The van der Waals surface area contributed by atoms with Gasteiger partial charge in [-0.3, -0.25) is 14.7 Å². The number of nitrogens with zero attached hydrogens (tertiary/aromatic N) is 3. The van der Waals surface area contributed by atoms with Crippen LogP contribution in [-0.4, -0.2) is 58.7 Å². The maximum atomic E-state index is 12.4. The van der Waals surface area contributed by atoms with E-state index in [0.29, 0.717) is 11.8 Å². The summed E-state index contributed by atoms with van der Waals surface area (Å²) in [4.78, 5) is 22.2. The fourth-order valence-electron chi connectivity index (χ4n) is 3.80. The molecule has 2 aliphatic rings. The third-order valence-electron chi connectivity index (χ3n) is 5.22. The standard InChI is InChI=1S/C20H23N3OS/c24-20(15-25-19-5-7-21-8-6-19)23-11-9-22(10-12-23)18-13-16-3-1-2-4-17(16)14-18/h1-8,18H,9-15H2. The van der Waals surface area contributed by atoms with Gasteiger partial charge in [0.05, 0.1) is 5.75 Å². The van der Waals surface area contributed by atoms with Gasteiger partial charge in [0, 0.05) is 49.5 Å². The van der Waals surface area contributed by atoms with Gasteiger partial charge in [-0.25, -0.2) is 0 Å². The maximum Gasteiger partial charge on any atom is 0.233 e. The van der Waals surface area contributed by atoms with Gasteiger partial charge in [0.15, 0.2) is 0 Å². The summed E-state index contributed by atoms with van der Waals surface area (Å²) in [5.74, 6) is 0.759. The fraction of sp³-hybridized carbons (Fsp3) is 0.400. The third kappa shape index (κ3) is 3.88. The smallest absolute Gasteiger partial charge is 0.233 e. The van der Waals surface area contributed by atoms with Crippen LogP contribution < -0.4 is 0 Å². The Morgan fingerprint density at radius 1 is 1.00 bits per heavy atom. The number of carbonyl (C=O) groups excluding carboxylic acids is 1. The first-order valence-electron chi connectivity index (χ1n) is 8.91. The molecule has 1 amide bonds. The number of hydrogen-bond acceptors (Lipinski definition) is 4. The molecule has 4 rings (SSSR count). The lowest BCUT2D eigenvalue weighted by molar-refractivity contribution is -0.130. The molecular weight excluding hydrogens is 330 g/mol. The zero-order chi connectivity index (χ0) is 17.1. The molecule has 0 radical (unpaired) electrons. The van der Waals surface area contributed by atoms with E-state index in [2.05, 4.69) is 34.1 Å². The molecule has 4 nitrogen and oxygen atoms in total. The minimum atomic E-state index is 0.246. The number of benzene rings is 1. The van der Waals surface area contributed by atoms with E-state index in [0.717, 1.165) is 43.9 Å². The van der Waals surface area contributed by atoms with E-state index in [-0.39, 0.29) is 5.91 Å². The first-order chi connectivity index (χ1) is 12.3. The molecule has 2 aromatic rings. The average molecular weight is 353 g/mol. The predicted octanol–water partition coefficient (Wildman–Crippen LogP) is 2.49. The largest absolute Gasteiger partial charge is 0.339 e. The van der Waals surface area contributed by atoms with Crippen molar-refractivity contribution in [3.8, 4) is 0 Å². The lowest BCUT2D eigenvalue weighted by atomic mass is 10.1. The van der Waals surface area contributed by atoms with Crippen molar-refractivity contribution in [1.82, 2.24) is 14.8 Å². The van der Waals surface area contributed by atoms with E-state index >= 15 is 0 Å². The second-order valence-corrected chi connectivity index (χ2v) is 7.77. The Bertz CT molecular complexity index is 704. The number of rotatable bonds is 4. The molecule has 1 aromatic carbocycles. The van der Waals surface area contributed by atoms with Gasteiger partial charge >= 0.3 is 0 Å². The van der Waals surface area contributed by atoms with E-state index in [1.165, 1.54) is 11.1 Å². The summed E-state index contributed by atoms with van der Waals surface area (Å²) >= 11 is 1.60. The van der Waals surface area contributed by atoms with Crippen LogP contribution in [0.3, 0.4) is 0 Å². The SMILES string of the molecule is O=C(CSc1ccncc1)N1CCN(C2Cc3ccccc3C2)CC1. The molecular formula is C20H23N3OS. The highest BCUT2D eigenvalue weighted by Crippen LogP contribution is 2.26. The van der Waals surface area contributed by atoms with Crippen molar-refractivity contribution in [1.29, 1.82) is 0 Å². The summed E-state index contributed by atoms with van der Waals surface area (Å²) < 4.78 is 0. The summed E-state index contributed by atoms with van der Waals surface area (Å²) in [7, 11) is 0. The van der Waals surface area contributed by atoms with Gasteiger partial charge < -0.3 is 4.90 Å². The van der Waals surface area contributed by atoms with Crippen molar-refractivity contribution in [3.63, 3.8) is 0 Å². The first kappa shape index (κ1) is 16.6. The summed E-state index contributed by atoms with van der Waals surface area (Å²) in [5.41, 5.74) is 3.00. The zero-order valence-electron chi connectivity index (χ0n) is 14.3. The molecule has 1 aliphatic carbocycles. The molecule has 1 fully saturated rings. The Morgan fingerprint density at radius 3 is 2.28 bits per heavy atom. The van der Waals surface area contributed by atoms with E-state index in [9.17, 15) is 4.79 Å². The third-order valence-corrected chi connectivity index (χ3v) is 6.22. The highest BCUT2D eigenvalue weighted by Gasteiger charge is 2.30. The average Bonchev–Trinajstić information content (AvgIpc) is 3.11. The predicted molar refractivity (Wildman–Crippen MR) is 101 cm³/mol. The molecule has 0 atom stereocenters. The first-order valence-corrected chi connectivity index (χ1v) is 9.89. The van der Waals surface area contributed by atoms with Crippen LogP contribution in [0, 0.1) is 0 Å². The number of pyridine rings is 1. The molecule has 130 valence electrons.